The Kier molecular flexibility index (Phi) is 9.49. The van der Waals surface area contributed by atoms with Crippen molar-refractivity contribution in [2.45, 2.75) is 71.3 Å². The van der Waals surface area contributed by atoms with Gasteiger partial charge in [0.25, 0.3) is 0 Å². The molecule has 1 N–H and O–H groups in total. The zero-order valence-electron chi connectivity index (χ0n) is 10.9. The van der Waals surface area contributed by atoms with Gasteiger partial charge in [0.15, 0.2) is 0 Å². The van der Waals surface area contributed by atoms with Crippen molar-refractivity contribution in [1.82, 2.24) is 0 Å². The number of carboxylic acid groups (broad SMARTS) is 1. The predicted molar refractivity (Wildman–Crippen MR) is 65.8 cm³/mol. The highest BCUT2D eigenvalue weighted by Gasteiger charge is 2.13. The number of hydrogen-bond acceptors (Lipinski definition) is 3. The molecule has 0 aliphatic heterocycles. The molecule has 0 amide bonds. The minimum atomic E-state index is -0.960. The van der Waals surface area contributed by atoms with E-state index in [1.807, 2.05) is 6.92 Å². The van der Waals surface area contributed by atoms with Crippen molar-refractivity contribution in [3.05, 3.63) is 0 Å². The van der Waals surface area contributed by atoms with Crippen LogP contribution in [0.3, 0.4) is 0 Å². The van der Waals surface area contributed by atoms with Crippen molar-refractivity contribution in [2.24, 2.45) is 0 Å². The molecule has 0 unspecified atom stereocenters. The van der Waals surface area contributed by atoms with Crippen LogP contribution < -0.4 is 0 Å². The van der Waals surface area contributed by atoms with Gasteiger partial charge in [-0.2, -0.15) is 0 Å². The largest absolute Gasteiger partial charge is 0.481 e. The van der Waals surface area contributed by atoms with E-state index in [0.717, 1.165) is 19.3 Å². The molecule has 1 atom stereocenters. The average molecular weight is 244 g/mol. The van der Waals surface area contributed by atoms with Crippen LogP contribution in [0.15, 0.2) is 0 Å². The second kappa shape index (κ2) is 10.1. The molecule has 0 aliphatic rings. The molecular weight excluding hydrogens is 220 g/mol. The van der Waals surface area contributed by atoms with Crippen LogP contribution in [0, 0.1) is 0 Å². The summed E-state index contributed by atoms with van der Waals surface area (Å²) in [7, 11) is 0. The van der Waals surface area contributed by atoms with Crippen LogP contribution in [-0.2, 0) is 14.3 Å². The maximum Gasteiger partial charge on any atom is 0.306 e. The second-order valence-corrected chi connectivity index (χ2v) is 4.26. The summed E-state index contributed by atoms with van der Waals surface area (Å²) in [6.07, 6.45) is 6.09. The molecule has 0 aliphatic carbocycles. The summed E-state index contributed by atoms with van der Waals surface area (Å²) in [6.45, 7) is 4.14. The van der Waals surface area contributed by atoms with Gasteiger partial charge in [-0.1, -0.05) is 33.1 Å². The Bertz CT molecular complexity index is 225. The number of ether oxygens (including phenoxy) is 1. The first kappa shape index (κ1) is 15.9. The summed E-state index contributed by atoms with van der Waals surface area (Å²) in [5, 5.41) is 8.45. The lowest BCUT2D eigenvalue weighted by Gasteiger charge is -2.15. The van der Waals surface area contributed by atoms with E-state index in [9.17, 15) is 9.59 Å². The lowest BCUT2D eigenvalue weighted by molar-refractivity contribution is -0.152. The quantitative estimate of drug-likeness (QED) is 0.473. The average Bonchev–Trinajstić information content (AvgIpc) is 2.30. The van der Waals surface area contributed by atoms with Gasteiger partial charge in [-0.25, -0.2) is 0 Å². The molecule has 4 nitrogen and oxygen atoms in total. The summed E-state index contributed by atoms with van der Waals surface area (Å²) in [5.74, 6) is -1.35. The van der Waals surface area contributed by atoms with Crippen LogP contribution in [0.2, 0.25) is 0 Å². The molecule has 0 saturated carbocycles. The first-order valence-electron chi connectivity index (χ1n) is 6.51. The van der Waals surface area contributed by atoms with Crippen molar-refractivity contribution in [3.63, 3.8) is 0 Å². The summed E-state index contributed by atoms with van der Waals surface area (Å²) >= 11 is 0. The highest BCUT2D eigenvalue weighted by molar-refractivity contribution is 5.76. The molecule has 0 saturated heterocycles. The van der Waals surface area contributed by atoms with Crippen molar-refractivity contribution in [3.8, 4) is 0 Å². The number of esters is 1. The highest BCUT2D eigenvalue weighted by Crippen LogP contribution is 2.12. The topological polar surface area (TPSA) is 63.6 Å². The predicted octanol–water partition coefficient (Wildman–Crippen LogP) is 3.14. The number of carbonyl (C=O) groups is 2. The molecule has 0 aromatic carbocycles. The number of carbonyl (C=O) groups excluding carboxylic acids is 1. The molecule has 0 bridgehead atoms. The smallest absolute Gasteiger partial charge is 0.306 e. The SMILES string of the molecule is CCCCCC[C@H](CC)OC(=O)CCC(=O)O. The van der Waals surface area contributed by atoms with Crippen LogP contribution in [0.4, 0.5) is 0 Å². The number of carboxylic acids is 1. The van der Waals surface area contributed by atoms with Crippen molar-refractivity contribution < 1.29 is 19.4 Å². The third-order valence-corrected chi connectivity index (χ3v) is 2.68. The molecule has 0 aromatic rings. The highest BCUT2D eigenvalue weighted by atomic mass is 16.5. The van der Waals surface area contributed by atoms with Gasteiger partial charge in [0, 0.05) is 0 Å². The molecule has 0 rings (SSSR count). The summed E-state index contributed by atoms with van der Waals surface area (Å²) in [6, 6.07) is 0. The van der Waals surface area contributed by atoms with E-state index in [1.165, 1.54) is 19.3 Å². The number of aliphatic carboxylic acids is 1. The van der Waals surface area contributed by atoms with E-state index < -0.39 is 11.9 Å². The molecular formula is C13H24O4. The van der Waals surface area contributed by atoms with Crippen LogP contribution in [0.5, 0.6) is 0 Å². The Balaban J connectivity index is 3.71. The van der Waals surface area contributed by atoms with Crippen molar-refractivity contribution >= 4 is 11.9 Å². The Morgan fingerprint density at radius 1 is 1.12 bits per heavy atom. The van der Waals surface area contributed by atoms with E-state index in [0.29, 0.717) is 0 Å². The zero-order valence-corrected chi connectivity index (χ0v) is 10.9. The fourth-order valence-electron chi connectivity index (χ4n) is 1.60. The fraction of sp³-hybridized carbons (Fsp3) is 0.846. The lowest BCUT2D eigenvalue weighted by Crippen LogP contribution is -2.18. The molecule has 100 valence electrons. The molecule has 0 fully saturated rings. The van der Waals surface area contributed by atoms with E-state index in [4.69, 9.17) is 9.84 Å². The Morgan fingerprint density at radius 2 is 1.82 bits per heavy atom. The zero-order chi connectivity index (χ0) is 13.1. The summed E-state index contributed by atoms with van der Waals surface area (Å²) in [4.78, 5) is 21.6. The third kappa shape index (κ3) is 9.85. The maximum absolute atomic E-state index is 11.3. The first-order valence-corrected chi connectivity index (χ1v) is 6.51. The van der Waals surface area contributed by atoms with E-state index in [2.05, 4.69) is 6.92 Å². The molecule has 4 heteroatoms. The minimum Gasteiger partial charge on any atom is -0.481 e. The lowest BCUT2D eigenvalue weighted by atomic mass is 10.1. The van der Waals surface area contributed by atoms with Gasteiger partial charge in [-0.3, -0.25) is 9.59 Å². The van der Waals surface area contributed by atoms with Crippen LogP contribution in [0.1, 0.15) is 65.2 Å². The number of rotatable bonds is 10. The normalized spacial score (nSPS) is 12.1. The summed E-state index contributed by atoms with van der Waals surface area (Å²) < 4.78 is 5.23. The number of unbranched alkanes of at least 4 members (excludes halogenated alkanes) is 3. The van der Waals surface area contributed by atoms with Gasteiger partial charge >= 0.3 is 11.9 Å². The molecule has 0 radical (unpaired) electrons. The first-order chi connectivity index (χ1) is 8.10. The Hall–Kier alpha value is -1.06. The standard InChI is InChI=1S/C13H24O4/c1-3-5-6-7-8-11(4-2)17-13(16)10-9-12(14)15/h11H,3-10H2,1-2H3,(H,14,15)/t11-/m0/s1. The maximum atomic E-state index is 11.3. The Labute approximate surface area is 103 Å². The van der Waals surface area contributed by atoms with E-state index >= 15 is 0 Å². The fourth-order valence-corrected chi connectivity index (χ4v) is 1.60. The van der Waals surface area contributed by atoms with Crippen molar-refractivity contribution in [2.75, 3.05) is 0 Å². The van der Waals surface area contributed by atoms with Gasteiger partial charge in [-0.05, 0) is 19.3 Å². The summed E-state index contributed by atoms with van der Waals surface area (Å²) in [5.41, 5.74) is 0. The van der Waals surface area contributed by atoms with Gasteiger partial charge in [0.2, 0.25) is 0 Å². The van der Waals surface area contributed by atoms with E-state index in [1.54, 1.807) is 0 Å². The second-order valence-electron chi connectivity index (χ2n) is 4.26. The van der Waals surface area contributed by atoms with Crippen LogP contribution >= 0.6 is 0 Å². The minimum absolute atomic E-state index is 0.0270. The molecule has 0 heterocycles. The van der Waals surface area contributed by atoms with Crippen LogP contribution in [-0.4, -0.2) is 23.1 Å². The van der Waals surface area contributed by atoms with Crippen LogP contribution in [0.25, 0.3) is 0 Å². The van der Waals surface area contributed by atoms with Gasteiger partial charge in [0.1, 0.15) is 6.10 Å². The third-order valence-electron chi connectivity index (χ3n) is 2.68. The number of hydrogen-bond donors (Lipinski definition) is 1. The van der Waals surface area contributed by atoms with Crippen molar-refractivity contribution in [1.29, 1.82) is 0 Å². The molecule has 0 spiro atoms. The van der Waals surface area contributed by atoms with Gasteiger partial charge < -0.3 is 9.84 Å². The molecule has 17 heavy (non-hydrogen) atoms. The monoisotopic (exact) mass is 244 g/mol. The van der Waals surface area contributed by atoms with E-state index in [-0.39, 0.29) is 18.9 Å². The Morgan fingerprint density at radius 3 is 2.35 bits per heavy atom. The van der Waals surface area contributed by atoms with Gasteiger partial charge in [0.05, 0.1) is 12.8 Å². The molecule has 0 aromatic heterocycles. The van der Waals surface area contributed by atoms with Gasteiger partial charge in [-0.15, -0.1) is 0 Å².